The Kier molecular flexibility index (Phi) is 4.41. The molecule has 102 valence electrons. The summed E-state index contributed by atoms with van der Waals surface area (Å²) < 4.78 is 5.40. The first-order valence-corrected chi connectivity index (χ1v) is 6.54. The van der Waals surface area contributed by atoms with E-state index < -0.39 is 5.97 Å². The monoisotopic (exact) mass is 256 g/mol. The highest BCUT2D eigenvalue weighted by Crippen LogP contribution is 2.25. The Labute approximate surface area is 106 Å². The van der Waals surface area contributed by atoms with Crippen LogP contribution >= 0.6 is 0 Å². The van der Waals surface area contributed by atoms with Gasteiger partial charge in [-0.05, 0) is 32.1 Å². The minimum Gasteiger partial charge on any atom is -0.481 e. The molecule has 2 amide bonds. The first kappa shape index (κ1) is 13.1. The minimum atomic E-state index is -0.765. The van der Waals surface area contributed by atoms with Gasteiger partial charge in [0.25, 0.3) is 0 Å². The van der Waals surface area contributed by atoms with Gasteiger partial charge in [-0.25, -0.2) is 4.79 Å². The van der Waals surface area contributed by atoms with Gasteiger partial charge in [0.1, 0.15) is 0 Å². The topological polar surface area (TPSA) is 87.7 Å². The molecule has 0 aromatic carbocycles. The molecule has 1 saturated carbocycles. The van der Waals surface area contributed by atoms with Gasteiger partial charge in [0.05, 0.1) is 12.0 Å². The first-order chi connectivity index (χ1) is 8.65. The van der Waals surface area contributed by atoms with E-state index in [-0.39, 0.29) is 24.1 Å². The lowest BCUT2D eigenvalue weighted by molar-refractivity contribution is -0.141. The SMILES string of the molecule is O=C(NCC1CCCO1)NC1CCC(C(=O)O)C1. The molecule has 1 aliphatic carbocycles. The molecule has 18 heavy (non-hydrogen) atoms. The number of amides is 2. The second-order valence-corrected chi connectivity index (χ2v) is 5.03. The Balaban J connectivity index is 1.63. The van der Waals surface area contributed by atoms with E-state index in [0.29, 0.717) is 19.4 Å². The summed E-state index contributed by atoms with van der Waals surface area (Å²) in [6.07, 6.45) is 4.09. The summed E-state index contributed by atoms with van der Waals surface area (Å²) in [5.74, 6) is -1.08. The van der Waals surface area contributed by atoms with Crippen LogP contribution in [0.2, 0.25) is 0 Å². The number of carbonyl (C=O) groups excluding carboxylic acids is 1. The third kappa shape index (κ3) is 3.60. The lowest BCUT2D eigenvalue weighted by atomic mass is 10.1. The van der Waals surface area contributed by atoms with E-state index in [2.05, 4.69) is 10.6 Å². The van der Waals surface area contributed by atoms with Crippen molar-refractivity contribution in [2.45, 2.75) is 44.2 Å². The number of aliphatic carboxylic acids is 1. The van der Waals surface area contributed by atoms with E-state index in [4.69, 9.17) is 9.84 Å². The van der Waals surface area contributed by atoms with Crippen LogP contribution in [0, 0.1) is 5.92 Å². The lowest BCUT2D eigenvalue weighted by Crippen LogP contribution is -2.43. The largest absolute Gasteiger partial charge is 0.481 e. The molecule has 0 aromatic heterocycles. The summed E-state index contributed by atoms with van der Waals surface area (Å²) in [7, 11) is 0. The second-order valence-electron chi connectivity index (χ2n) is 5.03. The number of carboxylic acids is 1. The molecule has 1 saturated heterocycles. The van der Waals surface area contributed by atoms with Crippen LogP contribution in [0.1, 0.15) is 32.1 Å². The van der Waals surface area contributed by atoms with Gasteiger partial charge in [-0.3, -0.25) is 4.79 Å². The van der Waals surface area contributed by atoms with Crippen LogP contribution < -0.4 is 10.6 Å². The molecule has 0 aromatic rings. The van der Waals surface area contributed by atoms with Gasteiger partial charge in [-0.1, -0.05) is 0 Å². The summed E-state index contributed by atoms with van der Waals surface area (Å²) >= 11 is 0. The number of ether oxygens (including phenoxy) is 1. The summed E-state index contributed by atoms with van der Waals surface area (Å²) in [5.41, 5.74) is 0. The molecule has 3 atom stereocenters. The Morgan fingerprint density at radius 3 is 2.72 bits per heavy atom. The van der Waals surface area contributed by atoms with Gasteiger partial charge < -0.3 is 20.5 Å². The Morgan fingerprint density at radius 2 is 2.11 bits per heavy atom. The van der Waals surface area contributed by atoms with Crippen molar-refractivity contribution >= 4 is 12.0 Å². The van der Waals surface area contributed by atoms with Crippen LogP contribution in [0.4, 0.5) is 4.79 Å². The molecule has 2 rings (SSSR count). The maximum Gasteiger partial charge on any atom is 0.315 e. The highest BCUT2D eigenvalue weighted by atomic mass is 16.5. The maximum atomic E-state index is 11.6. The molecule has 3 N–H and O–H groups in total. The molecular weight excluding hydrogens is 236 g/mol. The molecule has 2 aliphatic rings. The maximum absolute atomic E-state index is 11.6. The number of hydrogen-bond acceptors (Lipinski definition) is 3. The van der Waals surface area contributed by atoms with E-state index in [1.54, 1.807) is 0 Å². The van der Waals surface area contributed by atoms with Crippen LogP contribution in [0.25, 0.3) is 0 Å². The predicted octanol–water partition coefficient (Wildman–Crippen LogP) is 0.718. The minimum absolute atomic E-state index is 0.0180. The Morgan fingerprint density at radius 1 is 1.28 bits per heavy atom. The van der Waals surface area contributed by atoms with Gasteiger partial charge in [0.2, 0.25) is 0 Å². The van der Waals surface area contributed by atoms with Crippen LogP contribution in [-0.2, 0) is 9.53 Å². The van der Waals surface area contributed by atoms with Crippen LogP contribution in [0.5, 0.6) is 0 Å². The van der Waals surface area contributed by atoms with E-state index in [9.17, 15) is 9.59 Å². The molecule has 1 heterocycles. The molecule has 6 heteroatoms. The van der Waals surface area contributed by atoms with Crippen molar-refractivity contribution in [1.82, 2.24) is 10.6 Å². The Bertz CT molecular complexity index is 315. The molecule has 0 radical (unpaired) electrons. The van der Waals surface area contributed by atoms with Gasteiger partial charge >= 0.3 is 12.0 Å². The van der Waals surface area contributed by atoms with E-state index >= 15 is 0 Å². The zero-order valence-corrected chi connectivity index (χ0v) is 10.4. The average Bonchev–Trinajstić information content (AvgIpc) is 2.96. The number of carboxylic acid groups (broad SMARTS) is 1. The zero-order chi connectivity index (χ0) is 13.0. The number of rotatable bonds is 4. The predicted molar refractivity (Wildman–Crippen MR) is 64.3 cm³/mol. The fourth-order valence-corrected chi connectivity index (χ4v) is 2.59. The molecule has 3 unspecified atom stereocenters. The van der Waals surface area contributed by atoms with E-state index in [0.717, 1.165) is 25.9 Å². The average molecular weight is 256 g/mol. The van der Waals surface area contributed by atoms with Crippen LogP contribution in [-0.4, -0.2) is 42.4 Å². The molecular formula is C12H20N2O4. The highest BCUT2D eigenvalue weighted by Gasteiger charge is 2.30. The normalized spacial score (nSPS) is 31.2. The number of hydrogen-bond donors (Lipinski definition) is 3. The van der Waals surface area contributed by atoms with Gasteiger partial charge in [0, 0.05) is 19.2 Å². The third-order valence-electron chi connectivity index (χ3n) is 3.63. The van der Waals surface area contributed by atoms with Crippen molar-refractivity contribution in [2.24, 2.45) is 5.92 Å². The molecule has 1 aliphatic heterocycles. The first-order valence-electron chi connectivity index (χ1n) is 6.54. The van der Waals surface area contributed by atoms with Crippen molar-refractivity contribution in [2.75, 3.05) is 13.2 Å². The van der Waals surface area contributed by atoms with Gasteiger partial charge in [-0.2, -0.15) is 0 Å². The van der Waals surface area contributed by atoms with Crippen molar-refractivity contribution in [3.8, 4) is 0 Å². The summed E-state index contributed by atoms with van der Waals surface area (Å²) in [6, 6.07) is -0.239. The van der Waals surface area contributed by atoms with Crippen LogP contribution in [0.15, 0.2) is 0 Å². The van der Waals surface area contributed by atoms with Crippen molar-refractivity contribution < 1.29 is 19.4 Å². The fraction of sp³-hybridized carbons (Fsp3) is 0.833. The number of nitrogens with one attached hydrogen (secondary N) is 2. The number of carbonyl (C=O) groups is 2. The van der Waals surface area contributed by atoms with E-state index in [1.165, 1.54) is 0 Å². The summed E-state index contributed by atoms with van der Waals surface area (Å²) in [4.78, 5) is 22.4. The summed E-state index contributed by atoms with van der Waals surface area (Å²) in [6.45, 7) is 1.30. The van der Waals surface area contributed by atoms with Crippen molar-refractivity contribution in [3.05, 3.63) is 0 Å². The second kappa shape index (κ2) is 6.04. The fourth-order valence-electron chi connectivity index (χ4n) is 2.59. The molecule has 0 bridgehead atoms. The molecule has 6 nitrogen and oxygen atoms in total. The smallest absolute Gasteiger partial charge is 0.315 e. The van der Waals surface area contributed by atoms with E-state index in [1.807, 2.05) is 0 Å². The summed E-state index contributed by atoms with van der Waals surface area (Å²) in [5, 5.41) is 14.5. The number of urea groups is 1. The highest BCUT2D eigenvalue weighted by molar-refractivity contribution is 5.75. The molecule has 0 spiro atoms. The lowest BCUT2D eigenvalue weighted by Gasteiger charge is -2.15. The Hall–Kier alpha value is -1.30. The van der Waals surface area contributed by atoms with Crippen LogP contribution in [0.3, 0.4) is 0 Å². The standard InChI is InChI=1S/C12H20N2O4/c15-11(16)8-3-4-9(6-8)14-12(17)13-7-10-2-1-5-18-10/h8-10H,1-7H2,(H,15,16)(H2,13,14,17). The molecule has 2 fully saturated rings. The van der Waals surface area contributed by atoms with Crippen molar-refractivity contribution in [1.29, 1.82) is 0 Å². The quantitative estimate of drug-likeness (QED) is 0.691. The van der Waals surface area contributed by atoms with Gasteiger partial charge in [0.15, 0.2) is 0 Å². The third-order valence-corrected chi connectivity index (χ3v) is 3.63. The zero-order valence-electron chi connectivity index (χ0n) is 10.4. The van der Waals surface area contributed by atoms with Gasteiger partial charge in [-0.15, -0.1) is 0 Å². The van der Waals surface area contributed by atoms with Crippen molar-refractivity contribution in [3.63, 3.8) is 0 Å².